The zero-order valence-corrected chi connectivity index (χ0v) is 49.9. The summed E-state index contributed by atoms with van der Waals surface area (Å²) in [6.45, 7) is 25.3. The number of benzene rings is 9. The summed E-state index contributed by atoms with van der Waals surface area (Å²) in [6.07, 6.45) is 1.98. The molecule has 1 aliphatic rings. The predicted octanol–water partition coefficient (Wildman–Crippen LogP) is 18.8. The molecule has 80 heavy (non-hydrogen) atoms. The third-order valence-electron chi connectivity index (χ3n) is 16.6. The van der Waals surface area contributed by atoms with Crippen molar-refractivity contribution < 1.29 is 21.1 Å². The SMILES string of the molecule is CC(C)(C)c1cc(N2[CH-]N(c3[c-]c(C(c4[c-]c5c(cc4)c4cc(C(C)(C)C)ccc4n5-c4cc(C(C)(c5ccccc5)c5ccccc5)ccn4)(c4ccccc4)c4ccccc4)ccc3)c3ccccc32)cc(C(C)(C)C)c1.[Pt]. The molecule has 12 rings (SSSR count). The molecule has 4 nitrogen and oxygen atoms in total. The fraction of sp³-hybridized carbons (Fsp3) is 0.200. The van der Waals surface area contributed by atoms with Crippen LogP contribution < -0.4 is 9.80 Å². The van der Waals surface area contributed by atoms with Gasteiger partial charge in [0.1, 0.15) is 5.82 Å². The number of nitrogens with zero attached hydrogens (tertiary/aromatic N) is 4. The molecule has 0 saturated carbocycles. The van der Waals surface area contributed by atoms with Crippen molar-refractivity contribution in [2.45, 2.75) is 96.3 Å². The summed E-state index contributed by atoms with van der Waals surface area (Å²) in [4.78, 5) is 9.95. The molecule has 0 fully saturated rings. The quantitative estimate of drug-likeness (QED) is 0.101. The Hall–Kier alpha value is -7.78. The first-order valence-corrected chi connectivity index (χ1v) is 27.9. The van der Waals surface area contributed by atoms with Crippen LogP contribution >= 0.6 is 0 Å². The van der Waals surface area contributed by atoms with Crippen molar-refractivity contribution in [3.05, 3.63) is 305 Å². The van der Waals surface area contributed by atoms with Gasteiger partial charge < -0.3 is 14.4 Å². The van der Waals surface area contributed by atoms with Gasteiger partial charge in [-0.2, -0.15) is 42.5 Å². The number of hydrogen-bond donors (Lipinski definition) is 0. The van der Waals surface area contributed by atoms with Gasteiger partial charge in [-0.05, 0) is 116 Å². The normalized spacial score (nSPS) is 13.2. The molecule has 0 aliphatic carbocycles. The van der Waals surface area contributed by atoms with Crippen molar-refractivity contribution in [1.82, 2.24) is 9.55 Å². The Morgan fingerprint density at radius 3 is 1.45 bits per heavy atom. The maximum absolute atomic E-state index is 5.28. The third kappa shape index (κ3) is 9.40. The number of aromatic nitrogens is 2. The summed E-state index contributed by atoms with van der Waals surface area (Å²) in [7, 11) is 0. The first kappa shape index (κ1) is 54.2. The first-order valence-electron chi connectivity index (χ1n) is 27.9. The molecule has 0 bridgehead atoms. The number of rotatable bonds is 10. The second-order valence-corrected chi connectivity index (χ2v) is 24.8. The molecule has 1 aliphatic heterocycles. The zero-order valence-electron chi connectivity index (χ0n) is 47.6. The third-order valence-corrected chi connectivity index (χ3v) is 16.6. The van der Waals surface area contributed by atoms with Gasteiger partial charge in [-0.1, -0.05) is 219 Å². The topological polar surface area (TPSA) is 24.3 Å². The van der Waals surface area contributed by atoms with Gasteiger partial charge in [-0.25, -0.2) is 4.98 Å². The summed E-state index contributed by atoms with van der Waals surface area (Å²) in [6, 6.07) is 90.6. The molecule has 0 spiro atoms. The largest absolute Gasteiger partial charge is 0.493 e. The average Bonchev–Trinajstić information content (AvgIpc) is 4.14. The van der Waals surface area contributed by atoms with Crippen molar-refractivity contribution in [2.75, 3.05) is 9.80 Å². The van der Waals surface area contributed by atoms with E-state index >= 15 is 0 Å². The Morgan fingerprint density at radius 2 is 0.900 bits per heavy atom. The molecule has 11 aromatic rings. The van der Waals surface area contributed by atoms with E-state index in [0.29, 0.717) is 0 Å². The smallest absolute Gasteiger partial charge is 0.135 e. The van der Waals surface area contributed by atoms with Gasteiger partial charge in [-0.3, -0.25) is 0 Å². The van der Waals surface area contributed by atoms with E-state index in [0.717, 1.165) is 72.8 Å². The molecule has 5 heteroatoms. The van der Waals surface area contributed by atoms with Crippen LogP contribution in [0.25, 0.3) is 27.6 Å². The molecule has 3 heterocycles. The van der Waals surface area contributed by atoms with Gasteiger partial charge in [-0.15, -0.1) is 28.9 Å². The van der Waals surface area contributed by atoms with Crippen LogP contribution in [-0.4, -0.2) is 9.55 Å². The zero-order chi connectivity index (χ0) is 54.9. The fourth-order valence-electron chi connectivity index (χ4n) is 12.0. The Balaban J connectivity index is 0.00000675. The monoisotopic (exact) mass is 1220 g/mol. The van der Waals surface area contributed by atoms with Crippen molar-refractivity contribution in [3.8, 4) is 5.82 Å². The van der Waals surface area contributed by atoms with Crippen LogP contribution in [0.3, 0.4) is 0 Å². The molecule has 0 unspecified atom stereocenters. The van der Waals surface area contributed by atoms with Gasteiger partial charge in [0, 0.05) is 60.7 Å². The van der Waals surface area contributed by atoms with E-state index in [9.17, 15) is 0 Å². The molecule has 2 aromatic heterocycles. The summed E-state index contributed by atoms with van der Waals surface area (Å²) in [5.74, 6) is 0.835. The van der Waals surface area contributed by atoms with Crippen LogP contribution in [-0.2, 0) is 48.1 Å². The van der Waals surface area contributed by atoms with Crippen molar-refractivity contribution in [2.24, 2.45) is 0 Å². The van der Waals surface area contributed by atoms with Crippen LogP contribution in [0, 0.1) is 18.8 Å². The molecule has 9 aromatic carbocycles. The Labute approximate surface area is 489 Å². The van der Waals surface area contributed by atoms with E-state index < -0.39 is 10.8 Å². The molecular formula is C75H69N4Pt-3. The standard InChI is InChI=1S/C75H69N4.Pt/c1-71(2,3)56-39-41-66-65(48-56)64-40-38-59(49-69(64)79(66)70-50-57(42-43-76-70)74(10,52-26-15-11-16-27-52)53-28-17-12-18-29-53)75(54-30-19-13-20-31-54,55-32-21-14-22-33-55)58-34-25-35-62(45-58)77-51-78(68-37-24-23-36-67(68)77)63-46-60(72(4,5)6)44-61(47-63)73(7,8)9;/h11-44,46-48,50-51H,1-10H3;/q-3;. The Bertz CT molecular complexity index is 3900. The summed E-state index contributed by atoms with van der Waals surface area (Å²) < 4.78 is 2.35. The van der Waals surface area contributed by atoms with Gasteiger partial charge in [0.25, 0.3) is 0 Å². The maximum atomic E-state index is 5.28. The number of pyridine rings is 1. The van der Waals surface area contributed by atoms with Gasteiger partial charge >= 0.3 is 0 Å². The maximum Gasteiger partial charge on any atom is 0.135 e. The van der Waals surface area contributed by atoms with E-state index in [1.807, 2.05) is 6.20 Å². The second-order valence-electron chi connectivity index (χ2n) is 24.8. The molecule has 0 amide bonds. The van der Waals surface area contributed by atoms with E-state index in [1.165, 1.54) is 33.2 Å². The Morgan fingerprint density at radius 1 is 0.388 bits per heavy atom. The molecule has 402 valence electrons. The molecule has 0 atom stereocenters. The van der Waals surface area contributed by atoms with Crippen LogP contribution in [0.2, 0.25) is 0 Å². The van der Waals surface area contributed by atoms with Gasteiger partial charge in [0.05, 0.1) is 0 Å². The van der Waals surface area contributed by atoms with E-state index in [2.05, 4.69) is 327 Å². The van der Waals surface area contributed by atoms with Crippen LogP contribution in [0.15, 0.2) is 231 Å². The van der Waals surface area contributed by atoms with E-state index in [4.69, 9.17) is 4.98 Å². The van der Waals surface area contributed by atoms with Crippen molar-refractivity contribution in [3.63, 3.8) is 0 Å². The first-order chi connectivity index (χ1) is 37.9. The van der Waals surface area contributed by atoms with Crippen LogP contribution in [0.5, 0.6) is 0 Å². The minimum absolute atomic E-state index is 0. The number of fused-ring (bicyclic) bond motifs is 4. The summed E-state index contributed by atoms with van der Waals surface area (Å²) in [5.41, 5.74) is 16.6. The fourth-order valence-corrected chi connectivity index (χ4v) is 12.0. The minimum Gasteiger partial charge on any atom is -0.493 e. The van der Waals surface area contributed by atoms with E-state index in [-0.39, 0.29) is 37.3 Å². The Kier molecular flexibility index (Phi) is 14.0. The van der Waals surface area contributed by atoms with Gasteiger partial charge in [0.2, 0.25) is 0 Å². The molecule has 0 N–H and O–H groups in total. The van der Waals surface area contributed by atoms with Gasteiger partial charge in [0.15, 0.2) is 0 Å². The number of anilines is 4. The minimum atomic E-state index is -0.874. The van der Waals surface area contributed by atoms with Crippen molar-refractivity contribution in [1.29, 1.82) is 0 Å². The average molecular weight is 1220 g/mol. The summed E-state index contributed by atoms with van der Waals surface area (Å²) >= 11 is 0. The predicted molar refractivity (Wildman–Crippen MR) is 331 cm³/mol. The molecular weight excluding hydrogens is 1150 g/mol. The van der Waals surface area contributed by atoms with E-state index in [1.54, 1.807) is 0 Å². The number of para-hydroxylation sites is 2. The summed E-state index contributed by atoms with van der Waals surface area (Å²) in [5, 5.41) is 2.28. The van der Waals surface area contributed by atoms with Crippen LogP contribution in [0.1, 0.15) is 125 Å². The number of hydrogen-bond acceptors (Lipinski definition) is 3. The molecule has 0 saturated heterocycles. The van der Waals surface area contributed by atoms with Crippen LogP contribution in [0.4, 0.5) is 22.7 Å². The molecule has 0 radical (unpaired) electrons. The van der Waals surface area contributed by atoms with Crippen molar-refractivity contribution >= 4 is 44.6 Å². The second kappa shape index (κ2) is 20.7.